The van der Waals surface area contributed by atoms with Gasteiger partial charge in [0.1, 0.15) is 23.6 Å². The number of aromatic nitrogens is 4. The van der Waals surface area contributed by atoms with E-state index in [4.69, 9.17) is 19.6 Å². The molecule has 1 amide bonds. The third-order valence-corrected chi connectivity index (χ3v) is 9.20. The number of piperidine rings is 1. The summed E-state index contributed by atoms with van der Waals surface area (Å²) in [5.74, 6) is 1.42. The molecule has 10 heteroatoms. The summed E-state index contributed by atoms with van der Waals surface area (Å²) in [6, 6.07) is 15.9. The average Bonchev–Trinajstić information content (AvgIpc) is 3.41. The number of carbonyl (C=O) groups is 1. The number of hydrogen-bond donors (Lipinski definition) is 1. The van der Waals surface area contributed by atoms with Crippen molar-refractivity contribution < 1.29 is 14.3 Å². The minimum Gasteiger partial charge on any atom is -0.496 e. The number of methoxy groups -OCH3 is 1. The van der Waals surface area contributed by atoms with Gasteiger partial charge in [0.2, 0.25) is 0 Å². The fraction of sp³-hybridized carbons (Fsp3) is 0.471. The maximum atomic E-state index is 13.4. The summed E-state index contributed by atoms with van der Waals surface area (Å²) in [6.07, 6.45) is 7.13. The highest BCUT2D eigenvalue weighted by molar-refractivity contribution is 5.81. The SMILES string of the molecule is CCN(C(=O)OCc1ccccc1)C1CCN(c2ccc(-c3nc4c(c(C5CCCCC5)nn4C)c(=O)[nH]3)c(OC)c2)CC1. The van der Waals surface area contributed by atoms with Crippen molar-refractivity contribution in [3.8, 4) is 17.1 Å². The number of rotatable bonds is 8. The molecule has 0 atom stereocenters. The number of hydrogen-bond acceptors (Lipinski definition) is 7. The molecule has 1 saturated carbocycles. The van der Waals surface area contributed by atoms with Gasteiger partial charge in [0.25, 0.3) is 5.56 Å². The fourth-order valence-electron chi connectivity index (χ4n) is 6.82. The lowest BCUT2D eigenvalue weighted by atomic mass is 9.86. The highest BCUT2D eigenvalue weighted by atomic mass is 16.6. The Labute approximate surface area is 258 Å². The molecular weight excluding hydrogens is 556 g/mol. The first-order chi connectivity index (χ1) is 21.5. The standard InChI is InChI=1S/C34H42N6O4/c1-4-40(34(42)44-22-23-11-7-5-8-12-23)25-17-19-39(20-18-25)26-15-16-27(28(21-26)43-3)31-35-32-29(33(41)36-31)30(37-38(32)2)24-13-9-6-10-14-24/h5,7-8,11-12,15-16,21,24-25H,4,6,9-10,13-14,17-20,22H2,1-3H3,(H,35,36,41). The molecule has 232 valence electrons. The summed E-state index contributed by atoms with van der Waals surface area (Å²) in [4.78, 5) is 38.3. The number of carbonyl (C=O) groups excluding carboxylic acids is 1. The molecule has 2 aromatic carbocycles. The maximum absolute atomic E-state index is 13.4. The number of aromatic amines is 1. The topological polar surface area (TPSA) is 106 Å². The fourth-order valence-corrected chi connectivity index (χ4v) is 6.82. The second kappa shape index (κ2) is 13.1. The van der Waals surface area contributed by atoms with E-state index in [0.29, 0.717) is 35.1 Å². The number of fused-ring (bicyclic) bond motifs is 1. The van der Waals surface area contributed by atoms with Crippen LogP contribution in [0.1, 0.15) is 69.0 Å². The van der Waals surface area contributed by atoms with Crippen LogP contribution in [0.25, 0.3) is 22.4 Å². The van der Waals surface area contributed by atoms with E-state index in [1.807, 2.05) is 67.4 Å². The van der Waals surface area contributed by atoms with Gasteiger partial charge < -0.3 is 24.3 Å². The lowest BCUT2D eigenvalue weighted by molar-refractivity contribution is 0.0773. The van der Waals surface area contributed by atoms with Gasteiger partial charge in [-0.15, -0.1) is 0 Å². The Morgan fingerprint density at radius 2 is 1.80 bits per heavy atom. The Balaban J connectivity index is 1.15. The molecule has 4 aromatic rings. The van der Waals surface area contributed by atoms with Gasteiger partial charge in [0, 0.05) is 50.4 Å². The first-order valence-corrected chi connectivity index (χ1v) is 15.8. The van der Waals surface area contributed by atoms with Gasteiger partial charge in [-0.3, -0.25) is 4.79 Å². The third kappa shape index (κ3) is 6.02. The lowest BCUT2D eigenvalue weighted by Gasteiger charge is -2.38. The van der Waals surface area contributed by atoms with Crippen LogP contribution in [0, 0.1) is 0 Å². The van der Waals surface area contributed by atoms with E-state index in [1.165, 1.54) is 19.3 Å². The van der Waals surface area contributed by atoms with Crippen molar-refractivity contribution in [1.29, 1.82) is 0 Å². The van der Waals surface area contributed by atoms with Crippen LogP contribution in [0.5, 0.6) is 5.75 Å². The molecule has 2 aromatic heterocycles. The molecule has 2 aliphatic rings. The van der Waals surface area contributed by atoms with Gasteiger partial charge >= 0.3 is 6.09 Å². The first kappa shape index (κ1) is 29.7. The molecule has 6 rings (SSSR count). The van der Waals surface area contributed by atoms with Crippen molar-refractivity contribution in [3.05, 3.63) is 70.1 Å². The molecule has 3 heterocycles. The van der Waals surface area contributed by atoms with Crippen LogP contribution >= 0.6 is 0 Å². The Bertz CT molecular complexity index is 1650. The summed E-state index contributed by atoms with van der Waals surface area (Å²) >= 11 is 0. The summed E-state index contributed by atoms with van der Waals surface area (Å²) in [7, 11) is 3.49. The van der Waals surface area contributed by atoms with Gasteiger partial charge in [-0.2, -0.15) is 5.10 Å². The van der Waals surface area contributed by atoms with Crippen molar-refractivity contribution in [2.24, 2.45) is 7.05 Å². The molecule has 1 aliphatic carbocycles. The molecule has 2 fully saturated rings. The van der Waals surface area contributed by atoms with Crippen molar-refractivity contribution in [1.82, 2.24) is 24.6 Å². The molecule has 1 N–H and O–H groups in total. The second-order valence-electron chi connectivity index (χ2n) is 11.9. The number of nitrogens with one attached hydrogen (secondary N) is 1. The number of H-pyrrole nitrogens is 1. The molecule has 0 spiro atoms. The molecular formula is C34H42N6O4. The minimum absolute atomic E-state index is 0.124. The predicted molar refractivity (Wildman–Crippen MR) is 171 cm³/mol. The lowest BCUT2D eigenvalue weighted by Crippen LogP contribution is -2.47. The number of amides is 1. The van der Waals surface area contributed by atoms with E-state index in [0.717, 1.165) is 61.3 Å². The molecule has 0 unspecified atom stereocenters. The van der Waals surface area contributed by atoms with Crippen LogP contribution in [0.4, 0.5) is 10.5 Å². The molecule has 0 bridgehead atoms. The Hall–Kier alpha value is -4.34. The first-order valence-electron chi connectivity index (χ1n) is 15.8. The number of aryl methyl sites for hydroxylation is 1. The summed E-state index contributed by atoms with van der Waals surface area (Å²) in [5.41, 5.74) is 4.05. The van der Waals surface area contributed by atoms with Crippen molar-refractivity contribution >= 4 is 22.8 Å². The highest BCUT2D eigenvalue weighted by Gasteiger charge is 2.29. The molecule has 0 radical (unpaired) electrons. The summed E-state index contributed by atoms with van der Waals surface area (Å²) in [6.45, 7) is 4.48. The van der Waals surface area contributed by atoms with Crippen LogP contribution in [-0.2, 0) is 18.4 Å². The molecule has 1 saturated heterocycles. The van der Waals surface area contributed by atoms with Crippen LogP contribution in [0.2, 0.25) is 0 Å². The Morgan fingerprint density at radius 3 is 2.50 bits per heavy atom. The average molecular weight is 599 g/mol. The number of anilines is 1. The second-order valence-corrected chi connectivity index (χ2v) is 11.9. The van der Waals surface area contributed by atoms with E-state index < -0.39 is 0 Å². The van der Waals surface area contributed by atoms with E-state index in [2.05, 4.69) is 9.88 Å². The maximum Gasteiger partial charge on any atom is 0.410 e. The van der Waals surface area contributed by atoms with Crippen LogP contribution in [0.15, 0.2) is 53.3 Å². The molecule has 1 aliphatic heterocycles. The predicted octanol–water partition coefficient (Wildman–Crippen LogP) is 6.01. The van der Waals surface area contributed by atoms with Crippen LogP contribution < -0.4 is 15.2 Å². The van der Waals surface area contributed by atoms with Gasteiger partial charge in [-0.1, -0.05) is 49.6 Å². The van der Waals surface area contributed by atoms with E-state index in [9.17, 15) is 9.59 Å². The van der Waals surface area contributed by atoms with E-state index in [1.54, 1.807) is 11.8 Å². The number of nitrogens with zero attached hydrogens (tertiary/aromatic N) is 5. The summed E-state index contributed by atoms with van der Waals surface area (Å²) in [5, 5.41) is 5.35. The summed E-state index contributed by atoms with van der Waals surface area (Å²) < 4.78 is 13.2. The normalized spacial score (nSPS) is 16.3. The third-order valence-electron chi connectivity index (χ3n) is 9.20. The number of ether oxygens (including phenoxy) is 2. The van der Waals surface area contributed by atoms with Crippen LogP contribution in [0.3, 0.4) is 0 Å². The molecule has 44 heavy (non-hydrogen) atoms. The van der Waals surface area contributed by atoms with Gasteiger partial charge in [-0.25, -0.2) is 14.5 Å². The molecule has 10 nitrogen and oxygen atoms in total. The quantitative estimate of drug-likeness (QED) is 0.265. The largest absolute Gasteiger partial charge is 0.496 e. The Morgan fingerprint density at radius 1 is 1.05 bits per heavy atom. The van der Waals surface area contributed by atoms with E-state index >= 15 is 0 Å². The van der Waals surface area contributed by atoms with E-state index in [-0.39, 0.29) is 24.3 Å². The monoisotopic (exact) mass is 598 g/mol. The zero-order valence-corrected chi connectivity index (χ0v) is 25.9. The van der Waals surface area contributed by atoms with Crippen molar-refractivity contribution in [2.75, 3.05) is 31.6 Å². The van der Waals surface area contributed by atoms with Gasteiger partial charge in [0.05, 0.1) is 18.4 Å². The smallest absolute Gasteiger partial charge is 0.410 e. The van der Waals surface area contributed by atoms with Gasteiger partial charge in [0.15, 0.2) is 5.65 Å². The van der Waals surface area contributed by atoms with Crippen LogP contribution in [-0.4, -0.2) is 63.5 Å². The zero-order valence-electron chi connectivity index (χ0n) is 25.9. The Kier molecular flexibility index (Phi) is 8.86. The van der Waals surface area contributed by atoms with Crippen molar-refractivity contribution in [3.63, 3.8) is 0 Å². The highest BCUT2D eigenvalue weighted by Crippen LogP contribution is 2.36. The number of benzene rings is 2. The van der Waals surface area contributed by atoms with Gasteiger partial charge in [-0.05, 0) is 50.3 Å². The minimum atomic E-state index is -0.265. The van der Waals surface area contributed by atoms with Crippen molar-refractivity contribution in [2.45, 2.75) is 70.4 Å². The zero-order chi connectivity index (χ0) is 30.6.